The fraction of sp³-hybridized carbons (Fsp3) is 0.455. The van der Waals surface area contributed by atoms with Crippen molar-refractivity contribution in [1.29, 1.82) is 0 Å². The summed E-state index contributed by atoms with van der Waals surface area (Å²) in [5.74, 6) is 1.44. The maximum atomic E-state index is 10.2. The van der Waals surface area contributed by atoms with E-state index in [1.807, 2.05) is 42.5 Å². The van der Waals surface area contributed by atoms with Gasteiger partial charge in [-0.15, -0.1) is 12.4 Å². The number of benzene rings is 2. The van der Waals surface area contributed by atoms with Gasteiger partial charge in [-0.1, -0.05) is 34.1 Å². The topological polar surface area (TPSA) is 54.0 Å². The molecule has 1 atom stereocenters. The van der Waals surface area contributed by atoms with Crippen molar-refractivity contribution in [2.75, 3.05) is 33.3 Å². The molecule has 1 heterocycles. The summed E-state index contributed by atoms with van der Waals surface area (Å²) < 4.78 is 12.5. The van der Waals surface area contributed by atoms with Gasteiger partial charge in [-0.2, -0.15) is 0 Å². The highest BCUT2D eigenvalue weighted by Gasteiger charge is 2.15. The van der Waals surface area contributed by atoms with E-state index in [2.05, 4.69) is 26.1 Å². The fourth-order valence-electron chi connectivity index (χ4n) is 3.39. The van der Waals surface area contributed by atoms with Crippen molar-refractivity contribution in [3.8, 4) is 11.5 Å². The van der Waals surface area contributed by atoms with Gasteiger partial charge in [0.15, 0.2) is 11.5 Å². The molecule has 0 radical (unpaired) electrons. The van der Waals surface area contributed by atoms with Crippen LogP contribution in [0, 0.1) is 0 Å². The number of aliphatic hydroxyl groups excluding tert-OH is 1. The summed E-state index contributed by atoms with van der Waals surface area (Å²) >= 11 is 3.44. The molecular weight excluding hydrogens is 456 g/mol. The molecule has 2 aromatic rings. The van der Waals surface area contributed by atoms with Gasteiger partial charge < -0.3 is 24.8 Å². The van der Waals surface area contributed by atoms with Crippen LogP contribution in [0.2, 0.25) is 0 Å². The van der Waals surface area contributed by atoms with Crippen molar-refractivity contribution in [3.63, 3.8) is 0 Å². The molecule has 0 bridgehead atoms. The van der Waals surface area contributed by atoms with Gasteiger partial charge in [-0.25, -0.2) is 0 Å². The lowest BCUT2D eigenvalue weighted by Gasteiger charge is -2.19. The van der Waals surface area contributed by atoms with Gasteiger partial charge in [0, 0.05) is 24.1 Å². The van der Waals surface area contributed by atoms with E-state index in [9.17, 15) is 5.11 Å². The quantitative estimate of drug-likeness (QED) is 0.533. The highest BCUT2D eigenvalue weighted by Crippen LogP contribution is 2.29. The summed E-state index contributed by atoms with van der Waals surface area (Å²) in [4.78, 5) is 2.33. The summed E-state index contributed by atoms with van der Waals surface area (Å²) in [5, 5.41) is 13.5. The number of methoxy groups -OCH3 is 1. The first-order valence-electron chi connectivity index (χ1n) is 9.79. The maximum absolute atomic E-state index is 10.2. The second-order valence-electron chi connectivity index (χ2n) is 7.19. The minimum atomic E-state index is -0.339. The Kier molecular flexibility index (Phi) is 10.2. The zero-order chi connectivity index (χ0) is 19.8. The Bertz CT molecular complexity index is 739. The molecule has 1 aliphatic heterocycles. The zero-order valence-electron chi connectivity index (χ0n) is 16.8. The maximum Gasteiger partial charge on any atom is 0.161 e. The van der Waals surface area contributed by atoms with Gasteiger partial charge in [0.25, 0.3) is 0 Å². The number of aliphatic hydroxyl groups is 1. The number of nitrogens with zero attached hydrogens (tertiary/aromatic N) is 1. The molecule has 1 fully saturated rings. The van der Waals surface area contributed by atoms with Gasteiger partial charge in [0.2, 0.25) is 0 Å². The second-order valence-corrected chi connectivity index (χ2v) is 8.11. The molecule has 7 heteroatoms. The lowest BCUT2D eigenvalue weighted by atomic mass is 10.2. The summed E-state index contributed by atoms with van der Waals surface area (Å²) in [5.41, 5.74) is 2.20. The van der Waals surface area contributed by atoms with E-state index in [0.717, 1.165) is 41.0 Å². The van der Waals surface area contributed by atoms with Gasteiger partial charge in [0.05, 0.1) is 13.2 Å². The standard InChI is InChI=1S/C22H29BrN2O3.ClH/c1-27-22-12-18(13-24-14-20(26)15-25-10-2-3-11-25)6-9-21(22)28-16-17-4-7-19(23)8-5-17;/h4-9,12,20,24,26H,2-3,10-11,13-16H2,1H3;1H. The van der Waals surface area contributed by atoms with Crippen LogP contribution in [0.1, 0.15) is 24.0 Å². The normalized spacial score (nSPS) is 15.0. The minimum Gasteiger partial charge on any atom is -0.493 e. The second kappa shape index (κ2) is 12.4. The van der Waals surface area contributed by atoms with Crippen molar-refractivity contribution < 1.29 is 14.6 Å². The predicted octanol–water partition coefficient (Wildman–Crippen LogP) is 4.00. The third-order valence-electron chi connectivity index (χ3n) is 4.91. The number of likely N-dealkylation sites (tertiary alicyclic amines) is 1. The third-order valence-corrected chi connectivity index (χ3v) is 5.44. The number of hydrogen-bond acceptors (Lipinski definition) is 5. The van der Waals surface area contributed by atoms with Crippen molar-refractivity contribution in [1.82, 2.24) is 10.2 Å². The molecule has 1 saturated heterocycles. The molecule has 0 spiro atoms. The Morgan fingerprint density at radius 2 is 1.76 bits per heavy atom. The van der Waals surface area contributed by atoms with E-state index >= 15 is 0 Å². The molecule has 1 aliphatic rings. The van der Waals surface area contributed by atoms with Crippen LogP contribution in [0.4, 0.5) is 0 Å². The molecule has 29 heavy (non-hydrogen) atoms. The number of hydrogen-bond donors (Lipinski definition) is 2. The van der Waals surface area contributed by atoms with Crippen LogP contribution < -0.4 is 14.8 Å². The van der Waals surface area contributed by atoms with E-state index in [4.69, 9.17) is 9.47 Å². The van der Waals surface area contributed by atoms with Crippen molar-refractivity contribution in [2.45, 2.75) is 32.1 Å². The zero-order valence-corrected chi connectivity index (χ0v) is 19.2. The Hall–Kier alpha value is -1.31. The Morgan fingerprint density at radius 1 is 1.07 bits per heavy atom. The number of halogens is 2. The molecule has 160 valence electrons. The fourth-order valence-corrected chi connectivity index (χ4v) is 3.66. The SMILES string of the molecule is COc1cc(CNCC(O)CN2CCCC2)ccc1OCc1ccc(Br)cc1.Cl. The summed E-state index contributed by atoms with van der Waals surface area (Å²) in [7, 11) is 1.65. The van der Waals surface area contributed by atoms with E-state index < -0.39 is 0 Å². The smallest absolute Gasteiger partial charge is 0.161 e. The van der Waals surface area contributed by atoms with Crippen LogP contribution in [0.3, 0.4) is 0 Å². The Morgan fingerprint density at radius 3 is 2.45 bits per heavy atom. The average Bonchev–Trinajstić information content (AvgIpc) is 3.21. The third kappa shape index (κ3) is 7.79. The van der Waals surface area contributed by atoms with Crippen LogP contribution in [0.15, 0.2) is 46.9 Å². The van der Waals surface area contributed by atoms with Crippen LogP contribution in [0.5, 0.6) is 11.5 Å². The molecule has 2 N–H and O–H groups in total. The Balaban J connectivity index is 0.00000300. The van der Waals surface area contributed by atoms with E-state index in [1.54, 1.807) is 7.11 Å². The summed E-state index contributed by atoms with van der Waals surface area (Å²) in [6, 6.07) is 14.0. The van der Waals surface area contributed by atoms with E-state index in [0.29, 0.717) is 25.4 Å². The number of rotatable bonds is 10. The molecule has 3 rings (SSSR count). The average molecular weight is 486 g/mol. The molecule has 5 nitrogen and oxygen atoms in total. The van der Waals surface area contributed by atoms with Crippen LogP contribution in [-0.4, -0.2) is 49.4 Å². The number of ether oxygens (including phenoxy) is 2. The molecule has 2 aromatic carbocycles. The highest BCUT2D eigenvalue weighted by molar-refractivity contribution is 9.10. The van der Waals surface area contributed by atoms with Crippen LogP contribution >= 0.6 is 28.3 Å². The van der Waals surface area contributed by atoms with Gasteiger partial charge >= 0.3 is 0 Å². The first-order chi connectivity index (χ1) is 13.6. The monoisotopic (exact) mass is 484 g/mol. The summed E-state index contributed by atoms with van der Waals surface area (Å²) in [6.45, 7) is 4.72. The summed E-state index contributed by atoms with van der Waals surface area (Å²) in [6.07, 6.45) is 2.15. The van der Waals surface area contributed by atoms with Crippen molar-refractivity contribution >= 4 is 28.3 Å². The largest absolute Gasteiger partial charge is 0.493 e. The lowest BCUT2D eigenvalue weighted by Crippen LogP contribution is -2.36. The van der Waals surface area contributed by atoms with E-state index in [1.165, 1.54) is 12.8 Å². The first kappa shape index (κ1) is 24.0. The van der Waals surface area contributed by atoms with Crippen molar-refractivity contribution in [3.05, 3.63) is 58.1 Å². The molecule has 0 aliphatic carbocycles. The number of β-amino-alcohol motifs (C(OH)–C–C–N with tert-alkyl or cyclic N) is 1. The van der Waals surface area contributed by atoms with Gasteiger partial charge in [-0.3, -0.25) is 0 Å². The van der Waals surface area contributed by atoms with Gasteiger partial charge in [-0.05, 0) is 61.3 Å². The van der Waals surface area contributed by atoms with E-state index in [-0.39, 0.29) is 18.5 Å². The Labute approximate surface area is 187 Å². The van der Waals surface area contributed by atoms with Crippen LogP contribution in [0.25, 0.3) is 0 Å². The van der Waals surface area contributed by atoms with Crippen molar-refractivity contribution in [2.24, 2.45) is 0 Å². The number of nitrogens with one attached hydrogen (secondary N) is 1. The predicted molar refractivity (Wildman–Crippen MR) is 122 cm³/mol. The first-order valence-corrected chi connectivity index (χ1v) is 10.6. The molecule has 0 amide bonds. The van der Waals surface area contributed by atoms with Crippen LogP contribution in [-0.2, 0) is 13.2 Å². The minimum absolute atomic E-state index is 0. The molecule has 1 unspecified atom stereocenters. The molecule has 0 aromatic heterocycles. The lowest BCUT2D eigenvalue weighted by molar-refractivity contribution is 0.123. The molecular formula is C22H30BrClN2O3. The van der Waals surface area contributed by atoms with Gasteiger partial charge in [0.1, 0.15) is 6.61 Å². The molecule has 0 saturated carbocycles. The highest BCUT2D eigenvalue weighted by atomic mass is 79.9.